The Kier molecular flexibility index (Phi) is 10.5. The highest BCUT2D eigenvalue weighted by molar-refractivity contribution is 9.10. The molecular weight excluding hydrogens is 638 g/mol. The Morgan fingerprint density at radius 3 is 2.02 bits per heavy atom. The largest absolute Gasteiger partial charge is 0.352 e. The van der Waals surface area contributed by atoms with E-state index in [2.05, 4.69) is 21.2 Å². The van der Waals surface area contributed by atoms with E-state index in [9.17, 15) is 18.0 Å². The van der Waals surface area contributed by atoms with Gasteiger partial charge in [0.2, 0.25) is 11.8 Å². The minimum atomic E-state index is -4.11. The summed E-state index contributed by atoms with van der Waals surface area (Å²) in [4.78, 5) is 30.1. The Morgan fingerprint density at radius 2 is 1.39 bits per heavy atom. The van der Waals surface area contributed by atoms with E-state index in [0.29, 0.717) is 5.69 Å². The van der Waals surface area contributed by atoms with E-state index in [1.54, 1.807) is 48.5 Å². The molecule has 2 amide bonds. The molecule has 1 N–H and O–H groups in total. The third kappa shape index (κ3) is 7.95. The lowest BCUT2D eigenvalue weighted by molar-refractivity contribution is -0.140. The number of carbonyl (C=O) groups is 2. The van der Waals surface area contributed by atoms with Crippen molar-refractivity contribution in [2.75, 3.05) is 10.8 Å². The van der Waals surface area contributed by atoms with Gasteiger partial charge in [-0.15, -0.1) is 0 Å². The molecule has 228 valence electrons. The number of sulfonamides is 1. The molecule has 0 unspecified atom stereocenters. The van der Waals surface area contributed by atoms with Crippen molar-refractivity contribution in [3.05, 3.63) is 131 Å². The number of benzene rings is 4. The molecule has 7 nitrogen and oxygen atoms in total. The first-order valence-electron chi connectivity index (χ1n) is 14.8. The van der Waals surface area contributed by atoms with Crippen molar-refractivity contribution in [1.29, 1.82) is 0 Å². The molecule has 9 heteroatoms. The van der Waals surface area contributed by atoms with Crippen LogP contribution in [0.25, 0.3) is 0 Å². The number of carbonyl (C=O) groups excluding carboxylic acids is 2. The van der Waals surface area contributed by atoms with Crippen LogP contribution in [0.5, 0.6) is 0 Å². The Bertz CT molecular complexity index is 1650. The smallest absolute Gasteiger partial charge is 0.264 e. The van der Waals surface area contributed by atoms with E-state index in [1.807, 2.05) is 54.6 Å². The summed E-state index contributed by atoms with van der Waals surface area (Å²) in [5, 5.41) is 3.20. The first-order chi connectivity index (χ1) is 21.3. The molecule has 1 aliphatic rings. The zero-order valence-electron chi connectivity index (χ0n) is 24.4. The Morgan fingerprint density at radius 1 is 0.795 bits per heavy atom. The van der Waals surface area contributed by atoms with Gasteiger partial charge in [0.1, 0.15) is 12.6 Å². The molecule has 4 aromatic rings. The molecule has 0 spiro atoms. The average Bonchev–Trinajstić information content (AvgIpc) is 3.56. The fraction of sp³-hybridized carbons (Fsp3) is 0.257. The lowest BCUT2D eigenvalue weighted by Crippen LogP contribution is -2.54. The summed E-state index contributed by atoms with van der Waals surface area (Å²) in [6, 6.07) is 33.1. The summed E-state index contributed by atoms with van der Waals surface area (Å²) in [5.74, 6) is -0.711. The maximum absolute atomic E-state index is 14.5. The molecule has 44 heavy (non-hydrogen) atoms. The molecule has 0 aliphatic heterocycles. The maximum atomic E-state index is 14.5. The molecule has 0 heterocycles. The van der Waals surface area contributed by atoms with Crippen LogP contribution >= 0.6 is 15.9 Å². The van der Waals surface area contributed by atoms with Crippen molar-refractivity contribution < 1.29 is 18.0 Å². The second-order valence-electron chi connectivity index (χ2n) is 11.0. The number of nitrogens with one attached hydrogen (secondary N) is 1. The quantitative estimate of drug-likeness (QED) is 0.190. The minimum absolute atomic E-state index is 0.0582. The number of hydrogen-bond acceptors (Lipinski definition) is 4. The van der Waals surface area contributed by atoms with Gasteiger partial charge >= 0.3 is 0 Å². The number of para-hydroxylation sites is 1. The zero-order valence-corrected chi connectivity index (χ0v) is 26.8. The van der Waals surface area contributed by atoms with Crippen LogP contribution in [0.3, 0.4) is 0 Å². The van der Waals surface area contributed by atoms with Gasteiger partial charge in [-0.25, -0.2) is 8.42 Å². The maximum Gasteiger partial charge on any atom is 0.264 e. The predicted molar refractivity (Wildman–Crippen MR) is 176 cm³/mol. The summed E-state index contributed by atoms with van der Waals surface area (Å²) in [6.45, 7) is -0.348. The molecular formula is C35H36BrN3O4S. The summed E-state index contributed by atoms with van der Waals surface area (Å²) >= 11 is 3.52. The first kappa shape index (κ1) is 31.5. The van der Waals surface area contributed by atoms with Gasteiger partial charge in [-0.3, -0.25) is 13.9 Å². The number of amides is 2. The van der Waals surface area contributed by atoms with Crippen LogP contribution < -0.4 is 9.62 Å². The van der Waals surface area contributed by atoms with E-state index in [1.165, 1.54) is 17.0 Å². The van der Waals surface area contributed by atoms with E-state index in [4.69, 9.17) is 0 Å². The molecule has 0 bridgehead atoms. The van der Waals surface area contributed by atoms with Crippen LogP contribution in [0, 0.1) is 0 Å². The number of rotatable bonds is 12. The summed E-state index contributed by atoms with van der Waals surface area (Å²) in [6.07, 6.45) is 4.20. The highest BCUT2D eigenvalue weighted by Crippen LogP contribution is 2.26. The van der Waals surface area contributed by atoms with Crippen LogP contribution in [0.1, 0.15) is 36.8 Å². The van der Waals surface area contributed by atoms with Gasteiger partial charge in [0.05, 0.1) is 10.6 Å². The van der Waals surface area contributed by atoms with Crippen LogP contribution in [0.4, 0.5) is 5.69 Å². The number of nitrogens with zero attached hydrogens (tertiary/aromatic N) is 2. The molecule has 4 aromatic carbocycles. The van der Waals surface area contributed by atoms with Gasteiger partial charge < -0.3 is 10.2 Å². The third-order valence-corrected chi connectivity index (χ3v) is 10.2. The van der Waals surface area contributed by atoms with Gasteiger partial charge in [0, 0.05) is 23.5 Å². The van der Waals surface area contributed by atoms with Crippen LogP contribution in [0.2, 0.25) is 0 Å². The Labute approximate surface area is 268 Å². The third-order valence-electron chi connectivity index (χ3n) is 7.87. The van der Waals surface area contributed by atoms with E-state index >= 15 is 0 Å². The monoisotopic (exact) mass is 673 g/mol. The van der Waals surface area contributed by atoms with Gasteiger partial charge in [0.25, 0.3) is 10.0 Å². The second kappa shape index (κ2) is 14.7. The number of anilines is 1. The fourth-order valence-corrected chi connectivity index (χ4v) is 7.48. The van der Waals surface area contributed by atoms with Crippen LogP contribution in [-0.4, -0.2) is 43.8 Å². The van der Waals surface area contributed by atoms with Crippen molar-refractivity contribution in [3.63, 3.8) is 0 Å². The Hall–Kier alpha value is -3.95. The predicted octanol–water partition coefficient (Wildman–Crippen LogP) is 6.34. The summed E-state index contributed by atoms with van der Waals surface area (Å²) in [7, 11) is -4.11. The molecule has 0 aromatic heterocycles. The molecule has 1 fully saturated rings. The van der Waals surface area contributed by atoms with Crippen LogP contribution in [0.15, 0.2) is 125 Å². The normalized spacial score (nSPS) is 14.1. The fourth-order valence-electron chi connectivity index (χ4n) is 5.60. The molecule has 5 rings (SSSR count). The highest BCUT2D eigenvalue weighted by atomic mass is 79.9. The number of halogens is 1. The SMILES string of the molecule is O=C(NC1CCCC1)[C@@H](Cc1ccccc1)N(Cc1cccc(Br)c1)C(=O)CN(c1ccccc1)S(=O)(=O)c1ccccc1. The van der Waals surface area contributed by atoms with Gasteiger partial charge in [-0.1, -0.05) is 108 Å². The standard InChI is InChI=1S/C35H36BrN3O4S/c36-29-16-12-15-28(23-29)25-38(33(24-27-13-4-1-5-14-27)35(41)37-30-17-10-11-18-30)34(40)26-39(31-19-6-2-7-20-31)44(42,43)32-21-8-3-9-22-32/h1-9,12-16,19-23,30,33H,10-11,17-18,24-26H2,(H,37,41)/t33-/m1/s1. The van der Waals surface area contributed by atoms with Gasteiger partial charge in [0.15, 0.2) is 0 Å². The first-order valence-corrected chi connectivity index (χ1v) is 17.1. The molecule has 1 aliphatic carbocycles. The van der Waals surface area contributed by atoms with Gasteiger partial charge in [-0.2, -0.15) is 0 Å². The molecule has 0 saturated heterocycles. The topological polar surface area (TPSA) is 86.8 Å². The van der Waals surface area contributed by atoms with E-state index in [-0.39, 0.29) is 29.8 Å². The molecule has 0 radical (unpaired) electrons. The van der Waals surface area contributed by atoms with E-state index < -0.39 is 28.5 Å². The summed E-state index contributed by atoms with van der Waals surface area (Å²) < 4.78 is 30.0. The average molecular weight is 675 g/mol. The zero-order chi connectivity index (χ0) is 30.9. The van der Waals surface area contributed by atoms with Gasteiger partial charge in [-0.05, 0) is 60.4 Å². The second-order valence-corrected chi connectivity index (χ2v) is 13.8. The highest BCUT2D eigenvalue weighted by Gasteiger charge is 2.35. The van der Waals surface area contributed by atoms with Crippen molar-refractivity contribution in [1.82, 2.24) is 10.2 Å². The van der Waals surface area contributed by atoms with E-state index in [0.717, 1.165) is 45.6 Å². The lowest BCUT2D eigenvalue weighted by Gasteiger charge is -2.34. The van der Waals surface area contributed by atoms with Crippen molar-refractivity contribution in [3.8, 4) is 0 Å². The lowest BCUT2D eigenvalue weighted by atomic mass is 10.0. The Balaban J connectivity index is 1.55. The summed E-state index contributed by atoms with van der Waals surface area (Å²) in [5.41, 5.74) is 2.08. The minimum Gasteiger partial charge on any atom is -0.352 e. The van der Waals surface area contributed by atoms with Crippen molar-refractivity contribution in [2.24, 2.45) is 0 Å². The van der Waals surface area contributed by atoms with Crippen molar-refractivity contribution >= 4 is 43.5 Å². The molecule has 1 saturated carbocycles. The molecule has 1 atom stereocenters. The number of hydrogen-bond donors (Lipinski definition) is 1. The van der Waals surface area contributed by atoms with Crippen LogP contribution in [-0.2, 0) is 32.6 Å². The van der Waals surface area contributed by atoms with Crippen molar-refractivity contribution in [2.45, 2.75) is 55.6 Å².